The number of nitrogens with one attached hydrogen (secondary N) is 1. The molecule has 2 aromatic carbocycles. The highest BCUT2D eigenvalue weighted by Gasteiger charge is 2.19. The summed E-state index contributed by atoms with van der Waals surface area (Å²) in [6.07, 6.45) is -0.541. The Balaban J connectivity index is 2.02. The van der Waals surface area contributed by atoms with Crippen molar-refractivity contribution in [2.45, 2.75) is 52.9 Å². The second kappa shape index (κ2) is 9.31. The van der Waals surface area contributed by atoms with E-state index in [0.717, 1.165) is 11.1 Å². The fourth-order valence-electron chi connectivity index (χ4n) is 2.67. The molecule has 0 fully saturated rings. The van der Waals surface area contributed by atoms with Crippen molar-refractivity contribution in [1.82, 2.24) is 5.32 Å². The summed E-state index contributed by atoms with van der Waals surface area (Å²) in [6, 6.07) is 13.1. The zero-order valence-electron chi connectivity index (χ0n) is 16.9. The number of hydrogen-bond acceptors (Lipinski definition) is 4. The molecule has 2 atom stereocenters. The smallest absolute Gasteiger partial charge is 0.261 e. The van der Waals surface area contributed by atoms with Gasteiger partial charge in [-0.05, 0) is 70.0 Å². The van der Waals surface area contributed by atoms with Gasteiger partial charge in [0.1, 0.15) is 5.75 Å². The van der Waals surface area contributed by atoms with Gasteiger partial charge in [-0.3, -0.25) is 4.79 Å². The molecule has 0 bridgehead atoms. The summed E-state index contributed by atoms with van der Waals surface area (Å²) in [7, 11) is 1.60. The van der Waals surface area contributed by atoms with E-state index >= 15 is 0 Å². The van der Waals surface area contributed by atoms with Gasteiger partial charge in [-0.15, -0.1) is 0 Å². The van der Waals surface area contributed by atoms with Crippen LogP contribution in [0.2, 0.25) is 0 Å². The van der Waals surface area contributed by atoms with Gasteiger partial charge in [0.05, 0.1) is 19.3 Å². The van der Waals surface area contributed by atoms with Gasteiger partial charge in [0.15, 0.2) is 17.6 Å². The van der Waals surface area contributed by atoms with Gasteiger partial charge in [-0.1, -0.05) is 18.2 Å². The number of benzene rings is 2. The van der Waals surface area contributed by atoms with Gasteiger partial charge < -0.3 is 19.5 Å². The van der Waals surface area contributed by atoms with Crippen LogP contribution in [0, 0.1) is 6.92 Å². The Hall–Kier alpha value is -2.69. The minimum Gasteiger partial charge on any atom is -0.493 e. The average molecular weight is 371 g/mol. The third-order valence-electron chi connectivity index (χ3n) is 4.08. The van der Waals surface area contributed by atoms with Crippen LogP contribution in [0.4, 0.5) is 0 Å². The molecular weight excluding hydrogens is 342 g/mol. The van der Waals surface area contributed by atoms with Crippen LogP contribution in [-0.2, 0) is 4.79 Å². The van der Waals surface area contributed by atoms with Crippen molar-refractivity contribution >= 4 is 5.91 Å². The van der Waals surface area contributed by atoms with Crippen LogP contribution < -0.4 is 19.5 Å². The summed E-state index contributed by atoms with van der Waals surface area (Å²) in [5.74, 6) is 1.84. The van der Waals surface area contributed by atoms with Gasteiger partial charge in [-0.25, -0.2) is 0 Å². The molecule has 5 nitrogen and oxygen atoms in total. The van der Waals surface area contributed by atoms with E-state index in [-0.39, 0.29) is 18.1 Å². The molecule has 2 unspecified atom stereocenters. The Morgan fingerprint density at radius 3 is 2.33 bits per heavy atom. The van der Waals surface area contributed by atoms with E-state index < -0.39 is 6.10 Å². The first-order chi connectivity index (χ1) is 12.8. The molecule has 0 spiro atoms. The molecule has 146 valence electrons. The van der Waals surface area contributed by atoms with Crippen molar-refractivity contribution in [2.24, 2.45) is 0 Å². The van der Waals surface area contributed by atoms with E-state index in [4.69, 9.17) is 14.2 Å². The van der Waals surface area contributed by atoms with E-state index in [0.29, 0.717) is 17.2 Å². The molecule has 0 aromatic heterocycles. The summed E-state index contributed by atoms with van der Waals surface area (Å²) < 4.78 is 16.9. The molecule has 0 aliphatic rings. The normalized spacial score (nSPS) is 13.0. The number of amides is 1. The fraction of sp³-hybridized carbons (Fsp3) is 0.409. The van der Waals surface area contributed by atoms with E-state index in [2.05, 4.69) is 5.32 Å². The number of methoxy groups -OCH3 is 1. The molecule has 27 heavy (non-hydrogen) atoms. The van der Waals surface area contributed by atoms with Crippen LogP contribution in [0.1, 0.15) is 44.9 Å². The minimum absolute atomic E-state index is 0.0569. The van der Waals surface area contributed by atoms with Crippen molar-refractivity contribution in [3.63, 3.8) is 0 Å². The van der Waals surface area contributed by atoms with Gasteiger partial charge in [0.25, 0.3) is 5.91 Å². The van der Waals surface area contributed by atoms with Crippen LogP contribution in [0.3, 0.4) is 0 Å². The number of hydrogen-bond donors (Lipinski definition) is 1. The van der Waals surface area contributed by atoms with Gasteiger partial charge in [0.2, 0.25) is 0 Å². The lowest BCUT2D eigenvalue weighted by atomic mass is 10.1. The molecule has 0 aliphatic carbocycles. The molecule has 0 radical (unpaired) electrons. The predicted octanol–water partition coefficient (Wildman–Crippen LogP) is 4.44. The highest BCUT2D eigenvalue weighted by Crippen LogP contribution is 2.31. The first kappa shape index (κ1) is 20.6. The van der Waals surface area contributed by atoms with E-state index in [9.17, 15) is 4.79 Å². The number of ether oxygens (including phenoxy) is 3. The molecular formula is C22H29NO4. The summed E-state index contributed by atoms with van der Waals surface area (Å²) in [5.41, 5.74) is 2.02. The lowest BCUT2D eigenvalue weighted by molar-refractivity contribution is -0.127. The Kier molecular flexibility index (Phi) is 7.11. The average Bonchev–Trinajstić information content (AvgIpc) is 2.61. The summed E-state index contributed by atoms with van der Waals surface area (Å²) in [4.78, 5) is 12.5. The Morgan fingerprint density at radius 2 is 1.70 bits per heavy atom. The SMILES string of the molecule is COc1cc(C(C)NC(=O)C(C)Oc2cccc(C)c2)ccc1OC(C)C. The van der Waals surface area contributed by atoms with E-state index in [1.807, 2.05) is 70.2 Å². The van der Waals surface area contributed by atoms with Crippen molar-refractivity contribution in [3.05, 3.63) is 53.6 Å². The second-order valence-corrected chi connectivity index (χ2v) is 6.88. The molecule has 2 aromatic rings. The van der Waals surface area contributed by atoms with E-state index in [1.54, 1.807) is 14.0 Å². The molecule has 0 heterocycles. The van der Waals surface area contributed by atoms with Crippen molar-refractivity contribution in [2.75, 3.05) is 7.11 Å². The number of aryl methyl sites for hydroxylation is 1. The highest BCUT2D eigenvalue weighted by atomic mass is 16.5. The molecule has 0 saturated carbocycles. The third kappa shape index (κ3) is 5.91. The standard InChI is InChI=1S/C22H29NO4/c1-14(2)26-20-11-10-18(13-21(20)25-6)16(4)23-22(24)17(5)27-19-9-7-8-15(3)12-19/h7-14,16-17H,1-6H3,(H,23,24). The number of carbonyl (C=O) groups excluding carboxylic acids is 1. The van der Waals surface area contributed by atoms with Crippen molar-refractivity contribution in [3.8, 4) is 17.2 Å². The lowest BCUT2D eigenvalue weighted by Gasteiger charge is -2.20. The third-order valence-corrected chi connectivity index (χ3v) is 4.08. The summed E-state index contributed by atoms with van der Waals surface area (Å²) in [5, 5.41) is 2.98. The van der Waals surface area contributed by atoms with E-state index in [1.165, 1.54) is 0 Å². The molecule has 0 aliphatic heterocycles. The zero-order valence-corrected chi connectivity index (χ0v) is 16.9. The van der Waals surface area contributed by atoms with Crippen LogP contribution in [0.15, 0.2) is 42.5 Å². The van der Waals surface area contributed by atoms with Crippen LogP contribution in [0.5, 0.6) is 17.2 Å². The minimum atomic E-state index is -0.598. The quantitative estimate of drug-likeness (QED) is 0.745. The first-order valence-corrected chi connectivity index (χ1v) is 9.18. The molecule has 0 saturated heterocycles. The topological polar surface area (TPSA) is 56.8 Å². The Morgan fingerprint density at radius 1 is 0.963 bits per heavy atom. The maximum absolute atomic E-state index is 12.5. The van der Waals surface area contributed by atoms with Crippen molar-refractivity contribution in [1.29, 1.82) is 0 Å². The van der Waals surface area contributed by atoms with Gasteiger partial charge >= 0.3 is 0 Å². The van der Waals surface area contributed by atoms with Gasteiger partial charge in [-0.2, -0.15) is 0 Å². The number of rotatable bonds is 8. The van der Waals surface area contributed by atoms with Crippen LogP contribution in [0.25, 0.3) is 0 Å². The molecule has 2 rings (SSSR count). The molecule has 1 N–H and O–H groups in total. The molecule has 1 amide bonds. The second-order valence-electron chi connectivity index (χ2n) is 6.88. The Labute approximate surface area is 161 Å². The first-order valence-electron chi connectivity index (χ1n) is 9.18. The maximum atomic E-state index is 12.5. The predicted molar refractivity (Wildman–Crippen MR) is 107 cm³/mol. The summed E-state index contributed by atoms with van der Waals surface area (Å²) in [6.45, 7) is 9.58. The highest BCUT2D eigenvalue weighted by molar-refractivity contribution is 5.81. The monoisotopic (exact) mass is 371 g/mol. The Bertz CT molecular complexity index is 773. The van der Waals surface area contributed by atoms with Crippen LogP contribution in [-0.4, -0.2) is 25.2 Å². The summed E-state index contributed by atoms with van der Waals surface area (Å²) >= 11 is 0. The van der Waals surface area contributed by atoms with Crippen molar-refractivity contribution < 1.29 is 19.0 Å². The van der Waals surface area contributed by atoms with Crippen LogP contribution >= 0.6 is 0 Å². The maximum Gasteiger partial charge on any atom is 0.261 e. The fourth-order valence-corrected chi connectivity index (χ4v) is 2.67. The van der Waals surface area contributed by atoms with Gasteiger partial charge in [0, 0.05) is 0 Å². The zero-order chi connectivity index (χ0) is 20.0. The lowest BCUT2D eigenvalue weighted by Crippen LogP contribution is -2.37. The largest absolute Gasteiger partial charge is 0.493 e. The number of carbonyl (C=O) groups is 1. The molecule has 5 heteroatoms.